The lowest BCUT2D eigenvalue weighted by Crippen LogP contribution is -2.05. The second-order valence-electron chi connectivity index (χ2n) is 4.71. The molecule has 1 aromatic heterocycles. The standard InChI is InChI=1S/C14H21N5O2/c1-20-10-5-3-4-9-19-14(16-17-18-19)11-7-6-8-12(15)13(11)21-2/h6-8H,3-5,9-10,15H2,1-2H3. The van der Waals surface area contributed by atoms with E-state index >= 15 is 0 Å². The number of unbranched alkanes of at least 4 members (excludes halogenated alkanes) is 2. The quantitative estimate of drug-likeness (QED) is 0.589. The third kappa shape index (κ3) is 3.69. The maximum Gasteiger partial charge on any atom is 0.185 e. The van der Waals surface area contributed by atoms with Crippen LogP contribution >= 0.6 is 0 Å². The Morgan fingerprint density at radius 3 is 2.81 bits per heavy atom. The van der Waals surface area contributed by atoms with Gasteiger partial charge in [0, 0.05) is 20.3 Å². The maximum atomic E-state index is 5.93. The number of benzene rings is 1. The van der Waals surface area contributed by atoms with E-state index in [1.807, 2.05) is 12.1 Å². The molecule has 0 fully saturated rings. The van der Waals surface area contributed by atoms with Crippen LogP contribution in [0.3, 0.4) is 0 Å². The molecule has 2 rings (SSSR count). The molecule has 0 bridgehead atoms. The van der Waals surface area contributed by atoms with E-state index in [0.717, 1.165) is 38.0 Å². The summed E-state index contributed by atoms with van der Waals surface area (Å²) in [7, 11) is 3.31. The smallest absolute Gasteiger partial charge is 0.185 e. The highest BCUT2D eigenvalue weighted by Gasteiger charge is 2.15. The predicted octanol–water partition coefficient (Wildman–Crippen LogP) is 1.75. The number of nitrogen functional groups attached to an aromatic ring is 1. The van der Waals surface area contributed by atoms with Crippen molar-refractivity contribution in [3.63, 3.8) is 0 Å². The summed E-state index contributed by atoms with van der Waals surface area (Å²) in [5, 5.41) is 11.9. The van der Waals surface area contributed by atoms with Crippen LogP contribution in [0.4, 0.5) is 5.69 Å². The molecule has 0 saturated heterocycles. The normalized spacial score (nSPS) is 10.8. The Balaban J connectivity index is 2.11. The molecule has 1 aromatic carbocycles. The first-order valence-corrected chi connectivity index (χ1v) is 6.96. The molecule has 21 heavy (non-hydrogen) atoms. The summed E-state index contributed by atoms with van der Waals surface area (Å²) >= 11 is 0. The Morgan fingerprint density at radius 2 is 2.05 bits per heavy atom. The predicted molar refractivity (Wildman–Crippen MR) is 79.9 cm³/mol. The summed E-state index contributed by atoms with van der Waals surface area (Å²) in [4.78, 5) is 0. The van der Waals surface area contributed by atoms with Crippen LogP contribution in [0, 0.1) is 0 Å². The fraction of sp³-hybridized carbons (Fsp3) is 0.500. The number of aryl methyl sites for hydroxylation is 1. The van der Waals surface area contributed by atoms with Gasteiger partial charge in [-0.3, -0.25) is 0 Å². The van der Waals surface area contributed by atoms with Crippen molar-refractivity contribution < 1.29 is 9.47 Å². The van der Waals surface area contributed by atoms with Gasteiger partial charge in [-0.25, -0.2) is 4.68 Å². The molecule has 0 aliphatic heterocycles. The van der Waals surface area contributed by atoms with Gasteiger partial charge >= 0.3 is 0 Å². The van der Waals surface area contributed by atoms with Crippen LogP contribution in [0.25, 0.3) is 11.4 Å². The molecule has 0 aliphatic rings. The number of aromatic nitrogens is 4. The number of nitrogens with two attached hydrogens (primary N) is 1. The van der Waals surface area contributed by atoms with Gasteiger partial charge in [-0.1, -0.05) is 6.07 Å². The zero-order chi connectivity index (χ0) is 15.1. The number of nitrogens with zero attached hydrogens (tertiary/aromatic N) is 4. The van der Waals surface area contributed by atoms with E-state index in [9.17, 15) is 0 Å². The van der Waals surface area contributed by atoms with Crippen molar-refractivity contribution in [3.05, 3.63) is 18.2 Å². The first-order valence-electron chi connectivity index (χ1n) is 6.96. The summed E-state index contributed by atoms with van der Waals surface area (Å²) in [5.41, 5.74) is 7.31. The Hall–Kier alpha value is -2.15. The zero-order valence-electron chi connectivity index (χ0n) is 12.5. The average Bonchev–Trinajstić information content (AvgIpc) is 2.95. The van der Waals surface area contributed by atoms with Gasteiger partial charge in [0.1, 0.15) is 0 Å². The van der Waals surface area contributed by atoms with E-state index in [2.05, 4.69) is 15.5 Å². The number of anilines is 1. The van der Waals surface area contributed by atoms with Gasteiger partial charge in [-0.15, -0.1) is 5.10 Å². The summed E-state index contributed by atoms with van der Waals surface area (Å²) < 4.78 is 12.2. The molecule has 7 nitrogen and oxygen atoms in total. The number of hydrogen-bond donors (Lipinski definition) is 1. The minimum atomic E-state index is 0.574. The second kappa shape index (κ2) is 7.58. The lowest BCUT2D eigenvalue weighted by atomic mass is 10.1. The molecular weight excluding hydrogens is 270 g/mol. The van der Waals surface area contributed by atoms with Gasteiger partial charge < -0.3 is 15.2 Å². The number of tetrazole rings is 1. The van der Waals surface area contributed by atoms with E-state index in [4.69, 9.17) is 15.2 Å². The SMILES string of the molecule is COCCCCCn1nnnc1-c1cccc(N)c1OC. The van der Waals surface area contributed by atoms with Crippen molar-refractivity contribution in [2.24, 2.45) is 0 Å². The van der Waals surface area contributed by atoms with Gasteiger partial charge in [-0.2, -0.15) is 0 Å². The van der Waals surface area contributed by atoms with Crippen LogP contribution in [0.2, 0.25) is 0 Å². The molecule has 0 unspecified atom stereocenters. The Bertz CT molecular complexity index is 570. The first-order chi connectivity index (χ1) is 10.3. The van der Waals surface area contributed by atoms with Gasteiger partial charge in [0.15, 0.2) is 11.6 Å². The lowest BCUT2D eigenvalue weighted by Gasteiger charge is -2.10. The van der Waals surface area contributed by atoms with Gasteiger partial charge in [0.25, 0.3) is 0 Å². The van der Waals surface area contributed by atoms with Crippen LogP contribution in [0.15, 0.2) is 18.2 Å². The van der Waals surface area contributed by atoms with Crippen molar-refractivity contribution in [2.75, 3.05) is 26.6 Å². The van der Waals surface area contributed by atoms with Gasteiger partial charge in [0.05, 0.1) is 18.4 Å². The third-order valence-electron chi connectivity index (χ3n) is 3.24. The number of rotatable bonds is 8. The molecule has 0 spiro atoms. The maximum absolute atomic E-state index is 5.93. The monoisotopic (exact) mass is 291 g/mol. The van der Waals surface area contributed by atoms with Crippen LogP contribution in [0.1, 0.15) is 19.3 Å². The summed E-state index contributed by atoms with van der Waals surface area (Å²) in [6.45, 7) is 1.54. The fourth-order valence-corrected chi connectivity index (χ4v) is 2.19. The van der Waals surface area contributed by atoms with Crippen molar-refractivity contribution >= 4 is 5.69 Å². The summed E-state index contributed by atoms with van der Waals surface area (Å²) in [5.74, 6) is 1.28. The van der Waals surface area contributed by atoms with Crippen molar-refractivity contribution in [1.82, 2.24) is 20.2 Å². The van der Waals surface area contributed by atoms with Crippen LogP contribution in [-0.2, 0) is 11.3 Å². The second-order valence-corrected chi connectivity index (χ2v) is 4.71. The topological polar surface area (TPSA) is 88.1 Å². The molecule has 0 amide bonds. The van der Waals surface area contributed by atoms with E-state index in [0.29, 0.717) is 17.3 Å². The van der Waals surface area contributed by atoms with E-state index in [-0.39, 0.29) is 0 Å². The molecule has 0 radical (unpaired) electrons. The van der Waals surface area contributed by atoms with E-state index in [1.54, 1.807) is 25.0 Å². The molecule has 2 N–H and O–H groups in total. The molecule has 114 valence electrons. The average molecular weight is 291 g/mol. The molecule has 1 heterocycles. The largest absolute Gasteiger partial charge is 0.494 e. The zero-order valence-corrected chi connectivity index (χ0v) is 12.5. The van der Waals surface area contributed by atoms with E-state index < -0.39 is 0 Å². The molecule has 0 saturated carbocycles. The summed E-state index contributed by atoms with van der Waals surface area (Å²) in [6.07, 6.45) is 3.10. The highest BCUT2D eigenvalue weighted by Crippen LogP contribution is 2.33. The van der Waals surface area contributed by atoms with Crippen molar-refractivity contribution in [1.29, 1.82) is 0 Å². The molecule has 0 aliphatic carbocycles. The lowest BCUT2D eigenvalue weighted by molar-refractivity contribution is 0.191. The van der Waals surface area contributed by atoms with Crippen LogP contribution in [-0.4, -0.2) is 41.0 Å². The first kappa shape index (κ1) is 15.2. The van der Waals surface area contributed by atoms with Crippen LogP contribution in [0.5, 0.6) is 5.75 Å². The highest BCUT2D eigenvalue weighted by molar-refractivity contribution is 5.73. The number of methoxy groups -OCH3 is 2. The molecule has 7 heteroatoms. The molecular formula is C14H21N5O2. The van der Waals surface area contributed by atoms with Gasteiger partial charge in [-0.05, 0) is 41.8 Å². The number of para-hydroxylation sites is 1. The molecule has 2 aromatic rings. The number of ether oxygens (including phenoxy) is 2. The van der Waals surface area contributed by atoms with Crippen molar-refractivity contribution in [2.45, 2.75) is 25.8 Å². The van der Waals surface area contributed by atoms with Gasteiger partial charge in [0.2, 0.25) is 0 Å². The van der Waals surface area contributed by atoms with E-state index in [1.165, 1.54) is 0 Å². The minimum absolute atomic E-state index is 0.574. The Kier molecular flexibility index (Phi) is 5.51. The Labute approximate surface area is 124 Å². The summed E-state index contributed by atoms with van der Waals surface area (Å²) in [6, 6.07) is 5.56. The van der Waals surface area contributed by atoms with Crippen molar-refractivity contribution in [3.8, 4) is 17.1 Å². The Morgan fingerprint density at radius 1 is 1.19 bits per heavy atom. The van der Waals surface area contributed by atoms with Crippen LogP contribution < -0.4 is 10.5 Å². The third-order valence-corrected chi connectivity index (χ3v) is 3.24. The molecule has 0 atom stereocenters. The fourth-order valence-electron chi connectivity index (χ4n) is 2.19. The minimum Gasteiger partial charge on any atom is -0.494 e. The highest BCUT2D eigenvalue weighted by atomic mass is 16.5. The number of hydrogen-bond acceptors (Lipinski definition) is 6.